The van der Waals surface area contributed by atoms with Crippen LogP contribution in [0.3, 0.4) is 0 Å². The van der Waals surface area contributed by atoms with Crippen LogP contribution >= 0.6 is 11.6 Å². The fourth-order valence-electron chi connectivity index (χ4n) is 3.38. The van der Waals surface area contributed by atoms with Crippen LogP contribution in [0, 0.1) is 11.3 Å². The van der Waals surface area contributed by atoms with Crippen molar-refractivity contribution >= 4 is 17.5 Å². The summed E-state index contributed by atoms with van der Waals surface area (Å²) < 4.78 is 5.88. The highest BCUT2D eigenvalue weighted by molar-refractivity contribution is 6.30. The molecule has 2 aromatic carbocycles. The Kier molecular flexibility index (Phi) is 6.79. The summed E-state index contributed by atoms with van der Waals surface area (Å²) >= 11 is 5.90. The van der Waals surface area contributed by atoms with Crippen molar-refractivity contribution in [1.82, 2.24) is 10.2 Å². The fourth-order valence-corrected chi connectivity index (χ4v) is 3.51. The molecule has 3 rings (SSSR count). The third-order valence-corrected chi connectivity index (χ3v) is 5.40. The van der Waals surface area contributed by atoms with Gasteiger partial charge in [0.15, 0.2) is 5.60 Å². The number of carbonyl (C=O) groups is 1. The van der Waals surface area contributed by atoms with Gasteiger partial charge in [0.25, 0.3) is 5.91 Å². The van der Waals surface area contributed by atoms with E-state index in [2.05, 4.69) is 16.3 Å². The highest BCUT2D eigenvalue weighted by Crippen LogP contribution is 2.22. The molecule has 0 radical (unpaired) electrons. The van der Waals surface area contributed by atoms with E-state index in [0.717, 1.165) is 32.5 Å². The highest BCUT2D eigenvalue weighted by Gasteiger charge is 2.32. The zero-order valence-corrected chi connectivity index (χ0v) is 17.6. The average molecular weight is 412 g/mol. The number of benzene rings is 2. The number of nitriles is 1. The van der Waals surface area contributed by atoms with Gasteiger partial charge >= 0.3 is 0 Å². The number of rotatable bonds is 6. The number of carbonyl (C=O) groups excluding carboxylic acids is 1. The van der Waals surface area contributed by atoms with E-state index < -0.39 is 5.60 Å². The quantitative estimate of drug-likeness (QED) is 0.775. The number of likely N-dealkylation sites (tertiary alicyclic amines) is 1. The van der Waals surface area contributed by atoms with Crippen molar-refractivity contribution < 1.29 is 9.53 Å². The van der Waals surface area contributed by atoms with Gasteiger partial charge in [0, 0.05) is 30.7 Å². The van der Waals surface area contributed by atoms with Crippen LogP contribution in [-0.4, -0.2) is 35.5 Å². The van der Waals surface area contributed by atoms with Gasteiger partial charge in [-0.2, -0.15) is 5.26 Å². The van der Waals surface area contributed by atoms with Crippen LogP contribution in [0.15, 0.2) is 48.5 Å². The van der Waals surface area contributed by atoms with Gasteiger partial charge < -0.3 is 10.1 Å². The Morgan fingerprint density at radius 1 is 1.17 bits per heavy atom. The predicted molar refractivity (Wildman–Crippen MR) is 114 cm³/mol. The van der Waals surface area contributed by atoms with Crippen molar-refractivity contribution in [3.63, 3.8) is 0 Å². The number of halogens is 1. The van der Waals surface area contributed by atoms with Crippen molar-refractivity contribution in [3.05, 3.63) is 64.7 Å². The van der Waals surface area contributed by atoms with Gasteiger partial charge in [-0.1, -0.05) is 23.7 Å². The second-order valence-corrected chi connectivity index (χ2v) is 8.34. The summed E-state index contributed by atoms with van der Waals surface area (Å²) in [6.45, 7) is 6.25. The third-order valence-electron chi connectivity index (χ3n) is 5.15. The molecule has 2 aromatic rings. The molecular formula is C23H26ClN3O2. The van der Waals surface area contributed by atoms with Crippen molar-refractivity contribution in [1.29, 1.82) is 5.26 Å². The molecule has 1 N–H and O–H groups in total. The molecule has 152 valence electrons. The molecule has 0 atom stereocenters. The monoisotopic (exact) mass is 411 g/mol. The van der Waals surface area contributed by atoms with Gasteiger partial charge in [0.1, 0.15) is 5.75 Å². The topological polar surface area (TPSA) is 65.4 Å². The maximum Gasteiger partial charge on any atom is 0.263 e. The molecule has 1 aliphatic heterocycles. The lowest BCUT2D eigenvalue weighted by atomic mass is 10.0. The van der Waals surface area contributed by atoms with Crippen LogP contribution in [-0.2, 0) is 11.3 Å². The van der Waals surface area contributed by atoms with Crippen molar-refractivity contribution in [2.75, 3.05) is 13.1 Å². The van der Waals surface area contributed by atoms with Gasteiger partial charge in [-0.15, -0.1) is 0 Å². The largest absolute Gasteiger partial charge is 0.478 e. The lowest BCUT2D eigenvalue weighted by Crippen LogP contribution is -2.52. The minimum absolute atomic E-state index is 0.113. The average Bonchev–Trinajstić information content (AvgIpc) is 2.71. The number of piperidine rings is 1. The van der Waals surface area contributed by atoms with Crippen molar-refractivity contribution in [3.8, 4) is 11.8 Å². The van der Waals surface area contributed by atoms with E-state index in [-0.39, 0.29) is 11.9 Å². The van der Waals surface area contributed by atoms with E-state index in [0.29, 0.717) is 16.3 Å². The molecule has 1 fully saturated rings. The molecule has 1 amide bonds. The summed E-state index contributed by atoms with van der Waals surface area (Å²) in [5.74, 6) is 0.504. The van der Waals surface area contributed by atoms with E-state index in [1.807, 2.05) is 24.3 Å². The molecule has 6 heteroatoms. The first-order valence-corrected chi connectivity index (χ1v) is 10.2. The Hall–Kier alpha value is -2.55. The summed E-state index contributed by atoms with van der Waals surface area (Å²) in [6.07, 6.45) is 1.80. The minimum atomic E-state index is -0.965. The SMILES string of the molecule is CC(C)(Oc1ccc(Cl)cc1)C(=O)NC1CCN(Cc2ccc(C#N)cc2)CC1. The first-order valence-electron chi connectivity index (χ1n) is 9.83. The number of ether oxygens (including phenoxy) is 1. The third kappa shape index (κ3) is 5.96. The normalized spacial score (nSPS) is 15.5. The lowest BCUT2D eigenvalue weighted by molar-refractivity contribution is -0.135. The molecule has 5 nitrogen and oxygen atoms in total. The number of nitrogens with one attached hydrogen (secondary N) is 1. The molecular weight excluding hydrogens is 386 g/mol. The molecule has 1 heterocycles. The van der Waals surface area contributed by atoms with Gasteiger partial charge in [-0.3, -0.25) is 9.69 Å². The number of amides is 1. The molecule has 0 saturated carbocycles. The van der Waals surface area contributed by atoms with E-state index in [9.17, 15) is 4.79 Å². The van der Waals surface area contributed by atoms with Crippen LogP contribution < -0.4 is 10.1 Å². The summed E-state index contributed by atoms with van der Waals surface area (Å²) in [5, 5.41) is 12.7. The van der Waals surface area contributed by atoms with Crippen LogP contribution in [0.5, 0.6) is 5.75 Å². The Bertz CT molecular complexity index is 864. The molecule has 0 unspecified atom stereocenters. The Labute approximate surface area is 177 Å². The van der Waals surface area contributed by atoms with Crippen molar-refractivity contribution in [2.24, 2.45) is 0 Å². The predicted octanol–water partition coefficient (Wildman–Crippen LogP) is 4.15. The maximum absolute atomic E-state index is 12.7. The number of nitrogens with zero attached hydrogens (tertiary/aromatic N) is 2. The standard InChI is InChI=1S/C23H26ClN3O2/c1-23(2,29-21-9-7-19(24)8-10-21)22(28)26-20-11-13-27(14-12-20)16-18-5-3-17(15-25)4-6-18/h3-10,20H,11-14,16H2,1-2H3,(H,26,28). The summed E-state index contributed by atoms with van der Waals surface area (Å²) in [6, 6.07) is 17.0. The van der Waals surface area contributed by atoms with E-state index >= 15 is 0 Å². The van der Waals surface area contributed by atoms with Crippen LogP contribution in [0.25, 0.3) is 0 Å². The molecule has 29 heavy (non-hydrogen) atoms. The lowest BCUT2D eigenvalue weighted by Gasteiger charge is -2.34. The van der Waals surface area contributed by atoms with E-state index in [4.69, 9.17) is 21.6 Å². The Morgan fingerprint density at radius 2 is 1.79 bits per heavy atom. The minimum Gasteiger partial charge on any atom is -0.478 e. The molecule has 0 bridgehead atoms. The maximum atomic E-state index is 12.7. The van der Waals surface area contributed by atoms with Crippen LogP contribution in [0.4, 0.5) is 0 Å². The Balaban J connectivity index is 1.47. The Morgan fingerprint density at radius 3 is 2.38 bits per heavy atom. The molecule has 0 aliphatic carbocycles. The number of hydrogen-bond donors (Lipinski definition) is 1. The van der Waals surface area contributed by atoms with E-state index in [1.165, 1.54) is 5.56 Å². The molecule has 1 saturated heterocycles. The first-order chi connectivity index (χ1) is 13.9. The second kappa shape index (κ2) is 9.30. The summed E-state index contributed by atoms with van der Waals surface area (Å²) in [7, 11) is 0. The van der Waals surface area contributed by atoms with Crippen LogP contribution in [0.2, 0.25) is 5.02 Å². The van der Waals surface area contributed by atoms with Crippen LogP contribution in [0.1, 0.15) is 37.8 Å². The zero-order valence-electron chi connectivity index (χ0n) is 16.8. The number of hydrogen-bond acceptors (Lipinski definition) is 4. The van der Waals surface area contributed by atoms with Gasteiger partial charge in [-0.25, -0.2) is 0 Å². The van der Waals surface area contributed by atoms with E-state index in [1.54, 1.807) is 38.1 Å². The zero-order chi connectivity index (χ0) is 20.9. The summed E-state index contributed by atoms with van der Waals surface area (Å²) in [5.41, 5.74) is 0.913. The molecule has 1 aliphatic rings. The fraction of sp³-hybridized carbons (Fsp3) is 0.391. The van der Waals surface area contributed by atoms with Gasteiger partial charge in [0.2, 0.25) is 0 Å². The van der Waals surface area contributed by atoms with Gasteiger partial charge in [0.05, 0.1) is 11.6 Å². The first kappa shape index (κ1) is 21.2. The molecule has 0 aromatic heterocycles. The second-order valence-electron chi connectivity index (χ2n) is 7.90. The highest BCUT2D eigenvalue weighted by atomic mass is 35.5. The van der Waals surface area contributed by atoms with Gasteiger partial charge in [-0.05, 0) is 68.7 Å². The molecule has 0 spiro atoms. The summed E-state index contributed by atoms with van der Waals surface area (Å²) in [4.78, 5) is 15.1. The smallest absolute Gasteiger partial charge is 0.263 e. The van der Waals surface area contributed by atoms with Crippen molar-refractivity contribution in [2.45, 2.75) is 44.9 Å².